The first-order valence-electron chi connectivity index (χ1n) is 8.34. The molecule has 0 unspecified atom stereocenters. The van der Waals surface area contributed by atoms with Gasteiger partial charge in [0.25, 0.3) is 5.91 Å². The van der Waals surface area contributed by atoms with Gasteiger partial charge in [-0.15, -0.1) is 0 Å². The highest BCUT2D eigenvalue weighted by molar-refractivity contribution is 6.00. The number of hydrogen-bond acceptors (Lipinski definition) is 5. The number of benzene rings is 2. The zero-order valence-electron chi connectivity index (χ0n) is 14.8. The molecule has 136 valence electrons. The molecule has 2 N–H and O–H groups in total. The van der Waals surface area contributed by atoms with E-state index in [4.69, 9.17) is 9.47 Å². The lowest BCUT2D eigenvalue weighted by molar-refractivity contribution is 0.0600. The number of esters is 1. The minimum Gasteiger partial charge on any atom is -0.497 e. The number of nitrogens with zero attached hydrogens (tertiary/aromatic N) is 1. The van der Waals surface area contributed by atoms with Crippen molar-refractivity contribution in [1.82, 2.24) is 15.5 Å². The Labute approximate surface area is 155 Å². The maximum atomic E-state index is 12.4. The number of nitrogens with one attached hydrogen (secondary N) is 2. The van der Waals surface area contributed by atoms with Crippen LogP contribution >= 0.6 is 0 Å². The third-order valence-corrected chi connectivity index (χ3v) is 4.60. The number of hydrogen-bond donors (Lipinski definition) is 2. The van der Waals surface area contributed by atoms with Crippen LogP contribution in [0.2, 0.25) is 0 Å². The predicted molar refractivity (Wildman–Crippen MR) is 97.7 cm³/mol. The zero-order valence-corrected chi connectivity index (χ0v) is 14.8. The van der Waals surface area contributed by atoms with Gasteiger partial charge in [-0.1, -0.05) is 24.3 Å². The predicted octanol–water partition coefficient (Wildman–Crippen LogP) is 2.70. The van der Waals surface area contributed by atoms with Crippen LogP contribution in [0.25, 0.3) is 11.3 Å². The fourth-order valence-corrected chi connectivity index (χ4v) is 3.25. The van der Waals surface area contributed by atoms with Gasteiger partial charge in [-0.25, -0.2) is 4.79 Å². The van der Waals surface area contributed by atoms with Crippen LogP contribution in [0.15, 0.2) is 48.5 Å². The summed E-state index contributed by atoms with van der Waals surface area (Å²) in [6.07, 6.45) is 0. The summed E-state index contributed by atoms with van der Waals surface area (Å²) >= 11 is 0. The quantitative estimate of drug-likeness (QED) is 0.695. The van der Waals surface area contributed by atoms with Crippen molar-refractivity contribution in [3.8, 4) is 17.0 Å². The van der Waals surface area contributed by atoms with E-state index in [0.29, 0.717) is 22.7 Å². The van der Waals surface area contributed by atoms with Crippen LogP contribution in [-0.4, -0.2) is 36.3 Å². The number of methoxy groups -OCH3 is 2. The van der Waals surface area contributed by atoms with Crippen molar-refractivity contribution in [2.45, 2.75) is 6.04 Å². The molecular weight excluding hydrogens is 346 g/mol. The monoisotopic (exact) mass is 363 g/mol. The Morgan fingerprint density at radius 1 is 1.11 bits per heavy atom. The summed E-state index contributed by atoms with van der Waals surface area (Å²) in [4.78, 5) is 24.0. The molecular formula is C20H17N3O4. The van der Waals surface area contributed by atoms with Crippen LogP contribution in [-0.2, 0) is 4.74 Å². The van der Waals surface area contributed by atoms with Gasteiger partial charge in [0.1, 0.15) is 11.4 Å². The number of carbonyl (C=O) groups is 2. The molecule has 1 aliphatic heterocycles. The molecule has 2 aromatic carbocycles. The molecule has 27 heavy (non-hydrogen) atoms. The first kappa shape index (κ1) is 16.8. The fourth-order valence-electron chi connectivity index (χ4n) is 3.25. The molecule has 1 atom stereocenters. The normalized spacial score (nSPS) is 15.2. The molecule has 0 radical (unpaired) electrons. The molecule has 2 heterocycles. The Balaban J connectivity index is 1.76. The standard InChI is InChI=1S/C20H17N3O4/c1-26-14-5-3-4-13(10-14)17-15-16(21-19(24)18(15)23-22-17)11-6-8-12(9-7-11)20(25)27-2/h3-10,16H,1-2H3,(H,21,24)(H,22,23)/t16-/m1/s1. The first-order valence-corrected chi connectivity index (χ1v) is 8.34. The molecule has 0 aliphatic carbocycles. The second-order valence-corrected chi connectivity index (χ2v) is 6.11. The van der Waals surface area contributed by atoms with Crippen molar-refractivity contribution >= 4 is 11.9 Å². The Bertz CT molecular complexity index is 1020. The number of rotatable bonds is 4. The minimum absolute atomic E-state index is 0.214. The number of aromatic amines is 1. The number of carbonyl (C=O) groups excluding carboxylic acids is 2. The number of fused-ring (bicyclic) bond motifs is 1. The Hall–Kier alpha value is -3.61. The van der Waals surface area contributed by atoms with E-state index in [0.717, 1.165) is 16.7 Å². The summed E-state index contributed by atoms with van der Waals surface area (Å²) in [5.41, 5.74) is 4.05. The van der Waals surface area contributed by atoms with Crippen molar-refractivity contribution in [2.24, 2.45) is 0 Å². The van der Waals surface area contributed by atoms with E-state index in [-0.39, 0.29) is 11.9 Å². The number of ether oxygens (including phenoxy) is 2. The van der Waals surface area contributed by atoms with Crippen LogP contribution in [0, 0.1) is 0 Å². The lowest BCUT2D eigenvalue weighted by Crippen LogP contribution is -2.21. The van der Waals surface area contributed by atoms with Crippen LogP contribution in [0.5, 0.6) is 5.75 Å². The summed E-state index contributed by atoms with van der Waals surface area (Å²) < 4.78 is 10.0. The topological polar surface area (TPSA) is 93.3 Å². The summed E-state index contributed by atoms with van der Waals surface area (Å²) in [6, 6.07) is 14.1. The summed E-state index contributed by atoms with van der Waals surface area (Å²) in [6.45, 7) is 0. The molecule has 0 bridgehead atoms. The minimum atomic E-state index is -0.405. The Morgan fingerprint density at radius 3 is 2.59 bits per heavy atom. The van der Waals surface area contributed by atoms with Crippen molar-refractivity contribution < 1.29 is 19.1 Å². The fraction of sp³-hybridized carbons (Fsp3) is 0.150. The van der Waals surface area contributed by atoms with Gasteiger partial charge >= 0.3 is 5.97 Å². The average molecular weight is 363 g/mol. The number of H-pyrrole nitrogens is 1. The molecule has 0 saturated heterocycles. The van der Waals surface area contributed by atoms with Gasteiger partial charge in [0.2, 0.25) is 0 Å². The third-order valence-electron chi connectivity index (χ3n) is 4.60. The lowest BCUT2D eigenvalue weighted by atomic mass is 9.96. The van der Waals surface area contributed by atoms with Crippen molar-refractivity contribution in [3.05, 3.63) is 70.9 Å². The molecule has 1 aromatic heterocycles. The van der Waals surface area contributed by atoms with Crippen molar-refractivity contribution in [3.63, 3.8) is 0 Å². The van der Waals surface area contributed by atoms with Crippen LogP contribution in [0.3, 0.4) is 0 Å². The van der Waals surface area contributed by atoms with Gasteiger partial charge in [0.05, 0.1) is 31.5 Å². The van der Waals surface area contributed by atoms with Crippen LogP contribution in [0.1, 0.15) is 38.0 Å². The smallest absolute Gasteiger partial charge is 0.337 e. The maximum absolute atomic E-state index is 12.4. The molecule has 0 saturated carbocycles. The van der Waals surface area contributed by atoms with Gasteiger partial charge in [0, 0.05) is 11.1 Å². The van der Waals surface area contributed by atoms with Gasteiger partial charge in [0.15, 0.2) is 0 Å². The molecule has 7 heteroatoms. The summed E-state index contributed by atoms with van der Waals surface area (Å²) in [7, 11) is 2.94. The van der Waals surface area contributed by atoms with Crippen LogP contribution in [0.4, 0.5) is 0 Å². The number of aromatic nitrogens is 2. The Kier molecular flexibility index (Phi) is 4.12. The molecule has 0 fully saturated rings. The highest BCUT2D eigenvalue weighted by Crippen LogP contribution is 2.37. The summed E-state index contributed by atoms with van der Waals surface area (Å²) in [5.74, 6) is 0.0901. The average Bonchev–Trinajstić information content (AvgIpc) is 3.29. The molecule has 1 amide bonds. The van der Waals surface area contributed by atoms with Crippen molar-refractivity contribution in [2.75, 3.05) is 14.2 Å². The molecule has 0 spiro atoms. The SMILES string of the molecule is COC(=O)c1ccc([C@H]2NC(=O)c3[nH]nc(-c4cccc(OC)c4)c32)cc1. The Morgan fingerprint density at radius 2 is 1.89 bits per heavy atom. The highest BCUT2D eigenvalue weighted by Gasteiger charge is 2.35. The summed E-state index contributed by atoms with van der Waals surface area (Å²) in [5, 5.41) is 10.1. The molecule has 4 rings (SSSR count). The largest absolute Gasteiger partial charge is 0.497 e. The second kappa shape index (κ2) is 6.60. The second-order valence-electron chi connectivity index (χ2n) is 6.11. The molecule has 7 nitrogen and oxygen atoms in total. The van der Waals surface area contributed by atoms with Gasteiger partial charge in [-0.2, -0.15) is 5.10 Å². The van der Waals surface area contributed by atoms with Gasteiger partial charge in [-0.05, 0) is 29.8 Å². The third kappa shape index (κ3) is 2.83. The van der Waals surface area contributed by atoms with E-state index >= 15 is 0 Å². The van der Waals surface area contributed by atoms with E-state index in [2.05, 4.69) is 15.5 Å². The maximum Gasteiger partial charge on any atom is 0.337 e. The van der Waals surface area contributed by atoms with Crippen LogP contribution < -0.4 is 10.1 Å². The highest BCUT2D eigenvalue weighted by atomic mass is 16.5. The van der Waals surface area contributed by atoms with Gasteiger partial charge < -0.3 is 14.8 Å². The zero-order chi connectivity index (χ0) is 19.0. The first-order chi connectivity index (χ1) is 13.1. The van der Waals surface area contributed by atoms with E-state index in [1.54, 1.807) is 31.4 Å². The molecule has 1 aliphatic rings. The van der Waals surface area contributed by atoms with Gasteiger partial charge in [-0.3, -0.25) is 9.89 Å². The lowest BCUT2D eigenvalue weighted by Gasteiger charge is -2.14. The van der Waals surface area contributed by atoms with E-state index in [1.165, 1.54) is 7.11 Å². The van der Waals surface area contributed by atoms with E-state index < -0.39 is 5.97 Å². The van der Waals surface area contributed by atoms with E-state index in [9.17, 15) is 9.59 Å². The number of amides is 1. The molecule has 3 aromatic rings. The van der Waals surface area contributed by atoms with E-state index in [1.807, 2.05) is 24.3 Å². The van der Waals surface area contributed by atoms with Crippen molar-refractivity contribution in [1.29, 1.82) is 0 Å².